The maximum atomic E-state index is 12.4. The molecule has 6 N–H and O–H groups in total. The molecule has 0 aromatic rings. The smallest absolute Gasteiger partial charge is 0.726 e. The summed E-state index contributed by atoms with van der Waals surface area (Å²) in [5.74, 6) is -1.12. The minimum Gasteiger partial charge on any atom is -0.726 e. The van der Waals surface area contributed by atoms with Crippen LogP contribution in [0.1, 0.15) is 92.4 Å². The predicted molar refractivity (Wildman–Crippen MR) is 145 cm³/mol. The van der Waals surface area contributed by atoms with E-state index in [1.807, 2.05) is 34.6 Å². The van der Waals surface area contributed by atoms with Gasteiger partial charge in [-0.15, -0.1) is 0 Å². The van der Waals surface area contributed by atoms with Gasteiger partial charge in [0.15, 0.2) is 0 Å². The quantitative estimate of drug-likeness (QED) is 0.104. The second-order valence-corrected chi connectivity index (χ2v) is 15.7. The second kappa shape index (κ2) is 12.4. The molecule has 4 aliphatic carbocycles. The summed E-state index contributed by atoms with van der Waals surface area (Å²) in [4.78, 5) is 0. The van der Waals surface area contributed by atoms with Crippen LogP contribution in [0.3, 0.4) is 0 Å². The number of fused-ring (bicyclic) bond motifs is 5. The van der Waals surface area contributed by atoms with Gasteiger partial charge >= 0.3 is 29.6 Å². The van der Waals surface area contributed by atoms with Gasteiger partial charge in [-0.1, -0.05) is 41.0 Å². The van der Waals surface area contributed by atoms with Crippen molar-refractivity contribution in [3.05, 3.63) is 0 Å². The first-order valence-corrected chi connectivity index (χ1v) is 16.4. The largest absolute Gasteiger partial charge is 1.00 e. The van der Waals surface area contributed by atoms with E-state index >= 15 is 0 Å². The number of rotatable bonds is 9. The van der Waals surface area contributed by atoms with Crippen LogP contribution >= 0.6 is 0 Å². The zero-order chi connectivity index (χ0) is 30.1. The van der Waals surface area contributed by atoms with Gasteiger partial charge in [-0.3, -0.25) is 4.18 Å². The summed E-state index contributed by atoms with van der Waals surface area (Å²) in [6.07, 6.45) is -0.376. The number of aliphatic hydroxyl groups is 6. The van der Waals surface area contributed by atoms with E-state index in [1.54, 1.807) is 0 Å². The average molecular weight is 615 g/mol. The normalized spacial score (nSPS) is 47.6. The first-order chi connectivity index (χ1) is 18.3. The van der Waals surface area contributed by atoms with Gasteiger partial charge in [0.2, 0.25) is 10.4 Å². The van der Waals surface area contributed by atoms with Crippen molar-refractivity contribution in [1.29, 1.82) is 0 Å². The van der Waals surface area contributed by atoms with Gasteiger partial charge in [0.05, 0.1) is 42.2 Å². The van der Waals surface area contributed by atoms with Crippen molar-refractivity contribution in [2.24, 2.45) is 46.3 Å². The Bertz CT molecular complexity index is 1030. The Balaban J connectivity index is 0.00000462. The monoisotopic (exact) mass is 614 g/mol. The molecule has 0 unspecified atom stereocenters. The summed E-state index contributed by atoms with van der Waals surface area (Å²) in [5, 5.41) is 68.7. The first kappa shape index (κ1) is 36.1. The van der Waals surface area contributed by atoms with Crippen molar-refractivity contribution in [3.8, 4) is 0 Å². The molecule has 0 aromatic carbocycles. The first-order valence-electron chi connectivity index (χ1n) is 15.1. The van der Waals surface area contributed by atoms with Crippen LogP contribution in [0, 0.1) is 46.3 Å². The van der Waals surface area contributed by atoms with Crippen molar-refractivity contribution in [2.75, 3.05) is 6.61 Å². The minimum absolute atomic E-state index is 0. The third kappa shape index (κ3) is 6.11. The van der Waals surface area contributed by atoms with Gasteiger partial charge in [0.1, 0.15) is 0 Å². The molecular formula is C29H51NaO10S. The molecule has 4 aliphatic rings. The fourth-order valence-corrected chi connectivity index (χ4v) is 10.6. The molecule has 0 aliphatic heterocycles. The van der Waals surface area contributed by atoms with Gasteiger partial charge in [-0.2, -0.15) is 0 Å². The van der Waals surface area contributed by atoms with E-state index in [0.717, 1.165) is 6.42 Å². The van der Waals surface area contributed by atoms with Gasteiger partial charge in [-0.05, 0) is 73.5 Å². The van der Waals surface area contributed by atoms with Crippen LogP contribution in [0.5, 0.6) is 0 Å². The molecule has 4 saturated carbocycles. The molecule has 12 heteroatoms. The fourth-order valence-electron chi connectivity index (χ4n) is 10.3. The molecule has 41 heavy (non-hydrogen) atoms. The third-order valence-electron chi connectivity index (χ3n) is 12.3. The molecule has 4 fully saturated rings. The summed E-state index contributed by atoms with van der Waals surface area (Å²) < 4.78 is 37.0. The van der Waals surface area contributed by atoms with E-state index in [9.17, 15) is 43.6 Å². The summed E-state index contributed by atoms with van der Waals surface area (Å²) >= 11 is 0. The molecule has 0 saturated heterocycles. The SMILES string of the molecule is CC(C)[C@@H](CCOS(=O)(=O)[O-])CC[C@@H](C)[C@H]1[C@@H](O)[C@H](O)[C@@H]2[C@]1(C)CC[C@H]1[C@@]2(O)C[C@@H](O)[C@@]2(O)C[C@@H](O)CC[C@]12C.[Na+]. The molecule has 0 bridgehead atoms. The predicted octanol–water partition coefficient (Wildman–Crippen LogP) is -1.29. The second-order valence-electron chi connectivity index (χ2n) is 14.6. The Morgan fingerprint density at radius 3 is 2.15 bits per heavy atom. The van der Waals surface area contributed by atoms with E-state index in [-0.39, 0.29) is 72.7 Å². The van der Waals surface area contributed by atoms with Gasteiger partial charge < -0.3 is 35.2 Å². The van der Waals surface area contributed by atoms with Crippen molar-refractivity contribution in [1.82, 2.24) is 0 Å². The number of hydrogen-bond donors (Lipinski definition) is 6. The Morgan fingerprint density at radius 2 is 1.56 bits per heavy atom. The molecule has 0 heterocycles. The minimum atomic E-state index is -4.74. The number of hydrogen-bond acceptors (Lipinski definition) is 10. The summed E-state index contributed by atoms with van der Waals surface area (Å²) in [6, 6.07) is 0. The topological polar surface area (TPSA) is 188 Å². The maximum Gasteiger partial charge on any atom is 1.00 e. The molecule has 0 aromatic heterocycles. The van der Waals surface area contributed by atoms with Crippen LogP contribution in [-0.4, -0.2) is 85.8 Å². The molecule has 234 valence electrons. The number of aliphatic hydroxyl groups excluding tert-OH is 4. The molecule has 0 spiro atoms. The Morgan fingerprint density at radius 1 is 0.927 bits per heavy atom. The molecule has 10 nitrogen and oxygen atoms in total. The zero-order valence-corrected chi connectivity index (χ0v) is 28.4. The molecular weight excluding hydrogens is 563 g/mol. The van der Waals surface area contributed by atoms with Crippen molar-refractivity contribution in [3.63, 3.8) is 0 Å². The molecule has 13 atom stereocenters. The fraction of sp³-hybridized carbons (Fsp3) is 1.00. The summed E-state index contributed by atoms with van der Waals surface area (Å²) in [6.45, 7) is 9.85. The average Bonchev–Trinajstić information content (AvgIpc) is 3.02. The van der Waals surface area contributed by atoms with Crippen molar-refractivity contribution >= 4 is 10.4 Å². The van der Waals surface area contributed by atoms with E-state index < -0.39 is 68.7 Å². The van der Waals surface area contributed by atoms with Gasteiger partial charge in [0.25, 0.3) is 0 Å². The van der Waals surface area contributed by atoms with Gasteiger partial charge in [0, 0.05) is 24.2 Å². The maximum absolute atomic E-state index is 12.4. The van der Waals surface area contributed by atoms with Crippen molar-refractivity contribution < 1.29 is 77.4 Å². The van der Waals surface area contributed by atoms with Crippen LogP contribution in [0.15, 0.2) is 0 Å². The molecule has 0 radical (unpaired) electrons. The summed E-state index contributed by atoms with van der Waals surface area (Å²) in [5.41, 5.74) is -4.49. The van der Waals surface area contributed by atoms with E-state index in [2.05, 4.69) is 4.18 Å². The van der Waals surface area contributed by atoms with Crippen LogP contribution in [-0.2, 0) is 14.6 Å². The third-order valence-corrected chi connectivity index (χ3v) is 12.7. The zero-order valence-electron chi connectivity index (χ0n) is 25.6. The van der Waals surface area contributed by atoms with Crippen LogP contribution in [0.2, 0.25) is 0 Å². The molecule has 4 rings (SSSR count). The van der Waals surface area contributed by atoms with E-state index in [0.29, 0.717) is 38.5 Å². The summed E-state index contributed by atoms with van der Waals surface area (Å²) in [7, 11) is -4.74. The van der Waals surface area contributed by atoms with E-state index in [1.165, 1.54) is 0 Å². The van der Waals surface area contributed by atoms with Crippen LogP contribution in [0.4, 0.5) is 0 Å². The Labute approximate surface area is 267 Å². The van der Waals surface area contributed by atoms with Crippen LogP contribution in [0.25, 0.3) is 0 Å². The molecule has 0 amide bonds. The van der Waals surface area contributed by atoms with E-state index in [4.69, 9.17) is 0 Å². The van der Waals surface area contributed by atoms with Gasteiger partial charge in [-0.25, -0.2) is 8.42 Å². The standard InChI is InChI=1S/C29H52O10S.Na/c1-16(2)18(10-13-39-40(36,37)38)7-6-17(3)22-23(32)24(33)25-26(22,4)11-9-20-27(5)12-8-19(30)14-29(27,35)21(31)15-28(20,25)34;/h16-25,30-35H,6-15H2,1-5H3,(H,36,37,38);/q;+1/p-1/t17-,18-,19+,20-,21-,22+,23-,24+,25-,26-,27-,28+,29+;/m1./s1. The Kier molecular flexibility index (Phi) is 11.0. The van der Waals surface area contributed by atoms with Crippen LogP contribution < -0.4 is 29.6 Å². The van der Waals surface area contributed by atoms with Crippen molar-refractivity contribution in [2.45, 2.75) is 128 Å². The Hall–Kier alpha value is 0.630.